The highest BCUT2D eigenvalue weighted by Gasteiger charge is 2.36. The Morgan fingerprint density at radius 3 is 2.50 bits per heavy atom. The second-order valence-corrected chi connectivity index (χ2v) is 7.11. The molecule has 1 aromatic carbocycles. The molecule has 10 heteroatoms. The van der Waals surface area contributed by atoms with Crippen LogP contribution in [0.4, 0.5) is 4.79 Å². The average Bonchev–Trinajstić information content (AvgIpc) is 3.27. The normalized spacial score (nSPS) is 15.6. The van der Waals surface area contributed by atoms with Crippen LogP contribution in [-0.2, 0) is 19.1 Å². The van der Waals surface area contributed by atoms with Crippen molar-refractivity contribution in [3.63, 3.8) is 0 Å². The lowest BCUT2D eigenvalue weighted by Gasteiger charge is -2.27. The van der Waals surface area contributed by atoms with E-state index in [1.165, 1.54) is 13.2 Å². The number of furan rings is 1. The van der Waals surface area contributed by atoms with Crippen LogP contribution in [0.1, 0.15) is 30.0 Å². The molecular formula is C24H23N3O7. The highest BCUT2D eigenvalue weighted by molar-refractivity contribution is 5.98. The van der Waals surface area contributed by atoms with E-state index in [0.717, 1.165) is 0 Å². The summed E-state index contributed by atoms with van der Waals surface area (Å²) >= 11 is 0. The van der Waals surface area contributed by atoms with Crippen LogP contribution in [0.15, 0.2) is 57.7 Å². The summed E-state index contributed by atoms with van der Waals surface area (Å²) in [6.45, 7) is 2.98. The number of esters is 2. The molecular weight excluding hydrogens is 442 g/mol. The monoisotopic (exact) mass is 465 g/mol. The Balaban J connectivity index is 1.86. The molecule has 0 radical (unpaired) electrons. The van der Waals surface area contributed by atoms with Gasteiger partial charge in [0.15, 0.2) is 0 Å². The van der Waals surface area contributed by atoms with Gasteiger partial charge in [-0.1, -0.05) is 12.1 Å². The van der Waals surface area contributed by atoms with Crippen LogP contribution in [0.5, 0.6) is 5.75 Å². The predicted molar refractivity (Wildman–Crippen MR) is 119 cm³/mol. The van der Waals surface area contributed by atoms with Gasteiger partial charge in [0.05, 0.1) is 25.0 Å². The van der Waals surface area contributed by atoms with Crippen LogP contribution >= 0.6 is 0 Å². The maximum absolute atomic E-state index is 12.7. The zero-order valence-electron chi connectivity index (χ0n) is 18.8. The van der Waals surface area contributed by atoms with Gasteiger partial charge < -0.3 is 29.3 Å². The molecule has 0 bridgehead atoms. The molecule has 176 valence electrons. The number of nitrogens with one attached hydrogen (secondary N) is 2. The fraction of sp³-hybridized carbons (Fsp3) is 0.250. The van der Waals surface area contributed by atoms with Crippen LogP contribution < -0.4 is 15.4 Å². The number of amides is 2. The standard InChI is InChI=1S/C24H23N3O7/c1-4-32-23(29)20-18(26-24(30)27-21(20)19-10-5-14(2)34-19)13-33-22(28)16(12-25)11-15-6-8-17(31-3)9-7-15/h5-11,21H,4,13H2,1-3H3,(H2,26,27,30)/b16-11+. The highest BCUT2D eigenvalue weighted by atomic mass is 16.5. The lowest BCUT2D eigenvalue weighted by Crippen LogP contribution is -2.47. The molecule has 2 heterocycles. The number of carbonyl (C=O) groups is 3. The minimum atomic E-state index is -0.944. The number of methoxy groups -OCH3 is 1. The van der Waals surface area contributed by atoms with Gasteiger partial charge in [0.2, 0.25) is 0 Å². The Labute approximate surface area is 195 Å². The Morgan fingerprint density at radius 2 is 1.91 bits per heavy atom. The van der Waals surface area contributed by atoms with Gasteiger partial charge in [-0.05, 0) is 49.8 Å². The van der Waals surface area contributed by atoms with E-state index in [1.54, 1.807) is 56.3 Å². The van der Waals surface area contributed by atoms with Gasteiger partial charge in [-0.3, -0.25) is 0 Å². The summed E-state index contributed by atoms with van der Waals surface area (Å²) in [7, 11) is 1.53. The van der Waals surface area contributed by atoms with Gasteiger partial charge in [-0.25, -0.2) is 14.4 Å². The molecule has 1 aliphatic rings. The maximum Gasteiger partial charge on any atom is 0.349 e. The number of urea groups is 1. The van der Waals surface area contributed by atoms with E-state index in [1.807, 2.05) is 0 Å². The third-order valence-electron chi connectivity index (χ3n) is 4.81. The smallest absolute Gasteiger partial charge is 0.349 e. The molecule has 0 fully saturated rings. The van der Waals surface area contributed by atoms with Crippen molar-refractivity contribution in [3.05, 3.63) is 70.3 Å². The van der Waals surface area contributed by atoms with E-state index in [4.69, 9.17) is 18.6 Å². The summed E-state index contributed by atoms with van der Waals surface area (Å²) < 4.78 is 21.1. The first-order valence-corrected chi connectivity index (χ1v) is 10.3. The minimum Gasteiger partial charge on any atom is -0.497 e. The molecule has 2 aromatic rings. The molecule has 1 atom stereocenters. The zero-order chi connectivity index (χ0) is 24.7. The van der Waals surface area contributed by atoms with Crippen molar-refractivity contribution in [2.75, 3.05) is 20.3 Å². The minimum absolute atomic E-state index is 0.0244. The first-order valence-electron chi connectivity index (χ1n) is 10.3. The summed E-state index contributed by atoms with van der Waals surface area (Å²) in [4.78, 5) is 37.5. The number of nitrogens with zero attached hydrogens (tertiary/aromatic N) is 1. The molecule has 34 heavy (non-hydrogen) atoms. The van der Waals surface area contributed by atoms with Crippen molar-refractivity contribution in [3.8, 4) is 11.8 Å². The molecule has 2 N–H and O–H groups in total. The summed E-state index contributed by atoms with van der Waals surface area (Å²) in [6, 6.07) is 10.3. The van der Waals surface area contributed by atoms with Crippen LogP contribution in [0, 0.1) is 18.3 Å². The molecule has 2 amide bonds. The third kappa shape index (κ3) is 5.63. The summed E-state index contributed by atoms with van der Waals surface area (Å²) in [5.41, 5.74) is 0.378. The van der Waals surface area contributed by atoms with Crippen molar-refractivity contribution in [2.45, 2.75) is 19.9 Å². The second kappa shape index (κ2) is 10.9. The van der Waals surface area contributed by atoms with Gasteiger partial charge in [-0.15, -0.1) is 0 Å². The Kier molecular flexibility index (Phi) is 7.71. The molecule has 1 aliphatic heterocycles. The van der Waals surface area contributed by atoms with E-state index in [0.29, 0.717) is 22.8 Å². The van der Waals surface area contributed by atoms with Gasteiger partial charge in [0.25, 0.3) is 0 Å². The summed E-state index contributed by atoms with van der Waals surface area (Å²) in [5.74, 6) is -0.112. The second-order valence-electron chi connectivity index (χ2n) is 7.11. The fourth-order valence-electron chi connectivity index (χ4n) is 3.22. The fourth-order valence-corrected chi connectivity index (χ4v) is 3.22. The van der Waals surface area contributed by atoms with Gasteiger partial charge in [0, 0.05) is 0 Å². The number of hydrogen-bond acceptors (Lipinski definition) is 8. The number of nitriles is 1. The number of benzene rings is 1. The highest BCUT2D eigenvalue weighted by Crippen LogP contribution is 2.29. The number of hydrogen-bond donors (Lipinski definition) is 2. The topological polar surface area (TPSA) is 140 Å². The first kappa shape index (κ1) is 24.1. The Hall–Kier alpha value is -4.52. The third-order valence-corrected chi connectivity index (χ3v) is 4.81. The van der Waals surface area contributed by atoms with Crippen molar-refractivity contribution in [2.24, 2.45) is 0 Å². The van der Waals surface area contributed by atoms with E-state index in [-0.39, 0.29) is 23.5 Å². The van der Waals surface area contributed by atoms with Crippen molar-refractivity contribution in [1.82, 2.24) is 10.6 Å². The van der Waals surface area contributed by atoms with Gasteiger partial charge in [-0.2, -0.15) is 5.26 Å². The van der Waals surface area contributed by atoms with Crippen LogP contribution in [0.3, 0.4) is 0 Å². The number of ether oxygens (including phenoxy) is 3. The van der Waals surface area contributed by atoms with E-state index in [2.05, 4.69) is 10.6 Å². The number of carbonyl (C=O) groups excluding carboxylic acids is 3. The molecule has 0 aliphatic carbocycles. The van der Waals surface area contributed by atoms with Crippen LogP contribution in [0.2, 0.25) is 0 Å². The quantitative estimate of drug-likeness (QED) is 0.345. The first-order chi connectivity index (χ1) is 16.4. The summed E-state index contributed by atoms with van der Waals surface area (Å²) in [5, 5.41) is 14.5. The van der Waals surface area contributed by atoms with E-state index in [9.17, 15) is 19.6 Å². The van der Waals surface area contributed by atoms with E-state index < -0.39 is 30.6 Å². The Bertz CT molecular complexity index is 1190. The average molecular weight is 465 g/mol. The predicted octanol–water partition coefficient (Wildman–Crippen LogP) is 2.92. The maximum atomic E-state index is 12.7. The van der Waals surface area contributed by atoms with Crippen LogP contribution in [0.25, 0.3) is 6.08 Å². The molecule has 1 aromatic heterocycles. The molecule has 0 saturated heterocycles. The number of rotatable bonds is 8. The van der Waals surface area contributed by atoms with Crippen LogP contribution in [-0.4, -0.2) is 38.3 Å². The van der Waals surface area contributed by atoms with Crippen molar-refractivity contribution in [1.29, 1.82) is 5.26 Å². The Morgan fingerprint density at radius 1 is 1.18 bits per heavy atom. The SMILES string of the molecule is CCOC(=O)C1=C(COC(=O)/C(C#N)=C/c2ccc(OC)cc2)NC(=O)NC1c1ccc(C)o1. The molecule has 0 spiro atoms. The number of aryl methyl sites for hydroxylation is 1. The molecule has 10 nitrogen and oxygen atoms in total. The van der Waals surface area contributed by atoms with Gasteiger partial charge >= 0.3 is 18.0 Å². The van der Waals surface area contributed by atoms with Crippen molar-refractivity contribution < 1.29 is 33.0 Å². The zero-order valence-corrected chi connectivity index (χ0v) is 18.8. The largest absolute Gasteiger partial charge is 0.497 e. The lowest BCUT2D eigenvalue weighted by molar-refractivity contribution is -0.140. The lowest BCUT2D eigenvalue weighted by atomic mass is 10.0. The molecule has 1 unspecified atom stereocenters. The molecule has 0 saturated carbocycles. The summed E-state index contributed by atoms with van der Waals surface area (Å²) in [6.07, 6.45) is 1.36. The van der Waals surface area contributed by atoms with Crippen molar-refractivity contribution >= 4 is 24.0 Å². The van der Waals surface area contributed by atoms with E-state index >= 15 is 0 Å². The molecule has 3 rings (SSSR count). The van der Waals surface area contributed by atoms with Gasteiger partial charge in [0.1, 0.15) is 41.6 Å².